The van der Waals surface area contributed by atoms with Crippen LogP contribution < -0.4 is 0 Å². The van der Waals surface area contributed by atoms with Gasteiger partial charge in [-0.25, -0.2) is 4.79 Å². The SMILES string of the molecule is CC[Si](CC)(CC)O[C@@]12O[C@@H](CC[C@H]1C)C[C@H](OC)/C(C)=C/C=C/C=C/[C@@H](C)C[C@@H](C)C(=O)C[C@H](O[Si](C)(C)C(C)(C)C)/C(C)=C/[C@@H](C)C(=O)C[C@@H]([C@H](C)C[C@@H]1CC[C@@H](O[Si](C(C)C)(C(C)C)C(C)C)[C@H](OC)C1)OC(=O)[C@@H]1CCCCN1C(=O)C2=O. The molecule has 3 aliphatic heterocycles. The summed E-state index contributed by atoms with van der Waals surface area (Å²) in [4.78, 5) is 77.1. The minimum absolute atomic E-state index is 0.0273. The minimum Gasteiger partial charge on any atom is -0.460 e. The number of nitrogens with zero attached hydrogens (tertiary/aromatic N) is 1. The fourth-order valence-corrected chi connectivity index (χ4v) is 24.5. The van der Waals surface area contributed by atoms with Crippen LogP contribution in [0.2, 0.25) is 52.9 Å². The highest BCUT2D eigenvalue weighted by atomic mass is 28.4. The molecule has 0 unspecified atom stereocenters. The number of rotatable bonds is 17. The Hall–Kier alpha value is -2.68. The third-order valence-electron chi connectivity index (χ3n) is 21.7. The van der Waals surface area contributed by atoms with E-state index >= 15 is 19.2 Å². The molecule has 1 amide bonds. The molecule has 498 valence electrons. The number of allylic oxidation sites excluding steroid dienone is 6. The second-order valence-corrected chi connectivity index (χ2v) is 44.7. The Balaban J connectivity index is 1.86. The van der Waals surface area contributed by atoms with Gasteiger partial charge in [0.1, 0.15) is 23.7 Å². The molecule has 0 spiro atoms. The van der Waals surface area contributed by atoms with Crippen LogP contribution in [-0.2, 0) is 56.2 Å². The monoisotopic (exact) mass is 1270 g/mol. The van der Waals surface area contributed by atoms with Crippen LogP contribution in [0, 0.1) is 35.5 Å². The second kappa shape index (κ2) is 33.8. The lowest BCUT2D eigenvalue weighted by Crippen LogP contribution is -2.65. The number of fused-ring (bicyclic) bond motifs is 3. The van der Waals surface area contributed by atoms with E-state index in [1.54, 1.807) is 14.2 Å². The number of esters is 1. The van der Waals surface area contributed by atoms with Gasteiger partial charge in [-0.3, -0.25) is 19.2 Å². The summed E-state index contributed by atoms with van der Waals surface area (Å²) >= 11 is 0. The van der Waals surface area contributed by atoms with E-state index in [2.05, 4.69) is 116 Å². The van der Waals surface area contributed by atoms with Crippen LogP contribution in [0.15, 0.2) is 47.6 Å². The number of amides is 1. The van der Waals surface area contributed by atoms with Crippen molar-refractivity contribution in [2.75, 3.05) is 20.8 Å². The topological polar surface area (TPSA) is 153 Å². The summed E-state index contributed by atoms with van der Waals surface area (Å²) < 4.78 is 48.0. The van der Waals surface area contributed by atoms with E-state index in [1.165, 1.54) is 4.90 Å². The van der Waals surface area contributed by atoms with Crippen molar-refractivity contribution in [2.45, 2.75) is 316 Å². The molecule has 0 aromatic heterocycles. The zero-order valence-corrected chi connectivity index (χ0v) is 62.1. The number of cyclic esters (lactones) is 1. The summed E-state index contributed by atoms with van der Waals surface area (Å²) in [6.07, 6.45) is 17.0. The van der Waals surface area contributed by atoms with Gasteiger partial charge in [0.05, 0.1) is 30.5 Å². The molecule has 4 aliphatic rings. The fraction of sp³-hybridized carbons (Fsp3) is 0.817. The molecule has 0 aromatic carbocycles. The van der Waals surface area contributed by atoms with E-state index in [1.807, 2.05) is 65.0 Å². The maximum atomic E-state index is 15.7. The number of carbonyl (C=O) groups excluding carboxylic acids is 5. The molecular formula is C71H125NO12Si3. The van der Waals surface area contributed by atoms with E-state index < -0.39 is 84.6 Å². The maximum Gasteiger partial charge on any atom is 0.329 e. The zero-order chi connectivity index (χ0) is 65.6. The summed E-state index contributed by atoms with van der Waals surface area (Å²) in [6, 6.07) is 1.14. The Bertz CT molecular complexity index is 2340. The maximum absolute atomic E-state index is 15.7. The van der Waals surface area contributed by atoms with Crippen molar-refractivity contribution in [3.63, 3.8) is 0 Å². The van der Waals surface area contributed by atoms with Gasteiger partial charge in [-0.1, -0.05) is 154 Å². The van der Waals surface area contributed by atoms with E-state index in [0.29, 0.717) is 68.0 Å². The van der Waals surface area contributed by atoms with Crippen LogP contribution in [0.5, 0.6) is 0 Å². The van der Waals surface area contributed by atoms with Crippen molar-refractivity contribution in [1.82, 2.24) is 4.90 Å². The first-order chi connectivity index (χ1) is 40.6. The molecule has 1 aliphatic carbocycles. The zero-order valence-electron chi connectivity index (χ0n) is 59.1. The van der Waals surface area contributed by atoms with Gasteiger partial charge in [-0.15, -0.1) is 0 Å². The van der Waals surface area contributed by atoms with E-state index in [4.69, 9.17) is 32.2 Å². The van der Waals surface area contributed by atoms with Crippen LogP contribution in [-0.4, -0.2) is 128 Å². The van der Waals surface area contributed by atoms with Gasteiger partial charge in [0, 0.05) is 57.8 Å². The van der Waals surface area contributed by atoms with Crippen molar-refractivity contribution < 1.29 is 56.2 Å². The van der Waals surface area contributed by atoms with E-state index in [0.717, 1.165) is 48.5 Å². The Labute approximate surface area is 532 Å². The molecule has 14 atom stereocenters. The fourth-order valence-electron chi connectivity index (χ4n) is 14.7. The molecule has 0 N–H and O–H groups in total. The smallest absolute Gasteiger partial charge is 0.329 e. The average Bonchev–Trinajstić information content (AvgIpc) is 1.50. The molecule has 3 heterocycles. The molecule has 1 saturated carbocycles. The van der Waals surface area contributed by atoms with Gasteiger partial charge in [0.2, 0.25) is 14.1 Å². The molecule has 2 saturated heterocycles. The van der Waals surface area contributed by atoms with Crippen LogP contribution in [0.1, 0.15) is 215 Å². The molecule has 87 heavy (non-hydrogen) atoms. The molecule has 4 rings (SSSR count). The lowest BCUT2D eigenvalue weighted by Gasteiger charge is -2.49. The molecule has 16 heteroatoms. The number of hydrogen-bond donors (Lipinski definition) is 0. The van der Waals surface area contributed by atoms with Gasteiger partial charge < -0.3 is 37.1 Å². The number of methoxy groups -OCH3 is 2. The minimum atomic E-state index is -2.65. The number of Topliss-reactive ketones (excluding diaryl/α,β-unsaturated/α-hetero) is 3. The van der Waals surface area contributed by atoms with Crippen molar-refractivity contribution in [2.24, 2.45) is 35.5 Å². The normalized spacial score (nSPS) is 33.4. The Kier molecular flexibility index (Phi) is 29.8. The van der Waals surface area contributed by atoms with Crippen molar-refractivity contribution in [3.8, 4) is 0 Å². The van der Waals surface area contributed by atoms with Gasteiger partial charge in [0.25, 0.3) is 11.7 Å². The van der Waals surface area contributed by atoms with Crippen LogP contribution >= 0.6 is 0 Å². The second-order valence-electron chi connectivity index (χ2n) is 29.8. The Morgan fingerprint density at radius 3 is 1.91 bits per heavy atom. The lowest BCUT2D eigenvalue weighted by atomic mass is 9.78. The average molecular weight is 1270 g/mol. The van der Waals surface area contributed by atoms with Crippen LogP contribution in [0.4, 0.5) is 0 Å². The van der Waals surface area contributed by atoms with Gasteiger partial charge >= 0.3 is 5.97 Å². The largest absolute Gasteiger partial charge is 0.460 e. The predicted molar refractivity (Wildman–Crippen MR) is 361 cm³/mol. The van der Waals surface area contributed by atoms with Crippen LogP contribution in [0.3, 0.4) is 0 Å². The van der Waals surface area contributed by atoms with Crippen LogP contribution in [0.25, 0.3) is 0 Å². The number of ether oxygens (including phenoxy) is 4. The Morgan fingerprint density at radius 1 is 0.701 bits per heavy atom. The predicted octanol–water partition coefficient (Wildman–Crippen LogP) is 16.8. The third-order valence-corrected chi connectivity index (χ3v) is 36.9. The van der Waals surface area contributed by atoms with Crippen molar-refractivity contribution >= 4 is 54.2 Å². The summed E-state index contributed by atoms with van der Waals surface area (Å²) in [5, 5.41) is -0.132. The highest BCUT2D eigenvalue weighted by Gasteiger charge is 2.58. The van der Waals surface area contributed by atoms with Crippen molar-refractivity contribution in [3.05, 3.63) is 47.6 Å². The quantitative estimate of drug-likeness (QED) is 0.0589. The lowest BCUT2D eigenvalue weighted by molar-refractivity contribution is -0.257. The number of ketones is 3. The number of piperidine rings is 1. The summed E-state index contributed by atoms with van der Waals surface area (Å²) in [7, 11) is -3.81. The standard InChI is InChI=1S/C71H125NO12Si3/c1-24-86(25-2,26-3)84-71-56(16)35-37-58(81-71)44-63(78-20)51(11)33-29-27-28-32-50(10)40-52(12)61(74)46-65(82-85(22,23)70(17,18)19)54(14)41-53(13)60(73)45-64(80-69(77)59-34-30-31-39-72(59)68(76)67(71)75)55(15)42-57-36-38-62(66(43-57)79-21)83-87(47(4)5,48(6)7)49(8)9/h27-29,32-33,41,47-50,52-53,55-59,62-66H,24-26,30-31,34-40,42-46H2,1-23H3/b29-27+,32-28+,51-33+,54-41+/t50-,52-,53-,55-,56-,57+,58+,59+,62-,63+,64+,65+,66-,71+/m1/s1. The third kappa shape index (κ3) is 19.7. The van der Waals surface area contributed by atoms with Gasteiger partial charge in [-0.05, 0) is 160 Å². The number of carbonyl (C=O) groups is 5. The molecule has 0 radical (unpaired) electrons. The highest BCUT2D eigenvalue weighted by molar-refractivity contribution is 6.77. The van der Waals surface area contributed by atoms with E-state index in [9.17, 15) is 4.79 Å². The first-order valence-corrected chi connectivity index (χ1v) is 41.8. The molecular weight excluding hydrogens is 1140 g/mol. The van der Waals surface area contributed by atoms with Gasteiger partial charge in [0.15, 0.2) is 16.6 Å². The first-order valence-electron chi connectivity index (χ1n) is 34.2. The molecule has 2 bridgehead atoms. The summed E-state index contributed by atoms with van der Waals surface area (Å²) in [5.74, 6) is -5.26. The highest BCUT2D eigenvalue weighted by Crippen LogP contribution is 2.47. The summed E-state index contributed by atoms with van der Waals surface area (Å²) in [5.41, 5.74) is 3.10. The molecule has 3 fully saturated rings. The molecule has 0 aromatic rings. The summed E-state index contributed by atoms with van der Waals surface area (Å²) in [6.45, 7) is 45.4. The number of hydrogen-bond acceptors (Lipinski definition) is 12. The first kappa shape index (κ1) is 76.8. The van der Waals surface area contributed by atoms with Gasteiger partial charge in [-0.2, -0.15) is 0 Å². The van der Waals surface area contributed by atoms with E-state index in [-0.39, 0.29) is 78.0 Å². The van der Waals surface area contributed by atoms with Crippen molar-refractivity contribution in [1.29, 1.82) is 0 Å². The molecule has 13 nitrogen and oxygen atoms in total. The Morgan fingerprint density at radius 2 is 1.33 bits per heavy atom.